The molecule has 0 aromatic heterocycles. The minimum absolute atomic E-state index is 0.149. The van der Waals surface area contributed by atoms with Crippen molar-refractivity contribution in [1.29, 1.82) is 0 Å². The Labute approximate surface area is 169 Å². The van der Waals surface area contributed by atoms with Crippen molar-refractivity contribution in [2.24, 2.45) is 11.8 Å². The van der Waals surface area contributed by atoms with Crippen LogP contribution < -0.4 is 5.32 Å². The van der Waals surface area contributed by atoms with Crippen molar-refractivity contribution in [2.75, 3.05) is 33.7 Å². The molecule has 7 heteroatoms. The third-order valence-corrected chi connectivity index (χ3v) is 7.77. The normalized spacial score (nSPS) is 19.1. The Kier molecular flexibility index (Phi) is 7.12. The van der Waals surface area contributed by atoms with Gasteiger partial charge in [0, 0.05) is 40.2 Å². The molecule has 0 unspecified atom stereocenters. The lowest BCUT2D eigenvalue weighted by molar-refractivity contribution is -0.121. The summed E-state index contributed by atoms with van der Waals surface area (Å²) in [7, 11) is -0.121. The summed E-state index contributed by atoms with van der Waals surface area (Å²) >= 11 is 0. The van der Waals surface area contributed by atoms with Gasteiger partial charge in [0.25, 0.3) is 10.2 Å². The van der Waals surface area contributed by atoms with Gasteiger partial charge in [0.15, 0.2) is 0 Å². The summed E-state index contributed by atoms with van der Waals surface area (Å²) in [5.41, 5.74) is 2.48. The van der Waals surface area contributed by atoms with E-state index < -0.39 is 10.2 Å². The first-order valence-corrected chi connectivity index (χ1v) is 11.8. The predicted molar refractivity (Wildman–Crippen MR) is 111 cm³/mol. The molecule has 1 aliphatic carbocycles. The predicted octanol–water partition coefficient (Wildman–Crippen LogP) is 2.21. The van der Waals surface area contributed by atoms with Crippen molar-refractivity contribution in [2.45, 2.75) is 44.9 Å². The number of nitrogens with one attached hydrogen (secondary N) is 1. The van der Waals surface area contributed by atoms with E-state index in [0.29, 0.717) is 25.4 Å². The van der Waals surface area contributed by atoms with Gasteiger partial charge in [-0.1, -0.05) is 24.3 Å². The molecule has 1 N–H and O–H groups in total. The van der Waals surface area contributed by atoms with Crippen LogP contribution in [-0.4, -0.2) is 56.7 Å². The Hall–Kier alpha value is -1.44. The number of carbonyl (C=O) groups excluding carboxylic acids is 1. The molecule has 1 aromatic carbocycles. The third kappa shape index (κ3) is 6.03. The van der Waals surface area contributed by atoms with Crippen LogP contribution >= 0.6 is 0 Å². The highest BCUT2D eigenvalue weighted by molar-refractivity contribution is 7.86. The van der Waals surface area contributed by atoms with Crippen molar-refractivity contribution in [3.8, 4) is 0 Å². The smallest absolute Gasteiger partial charge is 0.281 e. The van der Waals surface area contributed by atoms with Crippen LogP contribution in [0.25, 0.3) is 0 Å². The number of nitrogens with zero attached hydrogens (tertiary/aromatic N) is 2. The highest BCUT2D eigenvalue weighted by atomic mass is 32.2. The summed E-state index contributed by atoms with van der Waals surface area (Å²) in [6, 6.07) is 8.55. The fourth-order valence-corrected chi connectivity index (χ4v) is 4.81. The van der Waals surface area contributed by atoms with E-state index in [1.54, 1.807) is 18.4 Å². The maximum atomic E-state index is 12.2. The number of benzene rings is 1. The van der Waals surface area contributed by atoms with Gasteiger partial charge in [-0.15, -0.1) is 0 Å². The van der Waals surface area contributed by atoms with E-state index in [0.717, 1.165) is 38.1 Å². The fraction of sp³-hybridized carbons (Fsp3) is 0.667. The van der Waals surface area contributed by atoms with E-state index in [4.69, 9.17) is 0 Å². The molecule has 1 aromatic rings. The van der Waals surface area contributed by atoms with Crippen LogP contribution in [0, 0.1) is 11.8 Å². The van der Waals surface area contributed by atoms with Gasteiger partial charge in [-0.25, -0.2) is 0 Å². The van der Waals surface area contributed by atoms with Gasteiger partial charge in [0.2, 0.25) is 5.91 Å². The lowest BCUT2D eigenvalue weighted by atomic mass is 9.90. The second-order valence-electron chi connectivity index (χ2n) is 8.40. The molecule has 6 nitrogen and oxygen atoms in total. The summed E-state index contributed by atoms with van der Waals surface area (Å²) in [6.45, 7) is 2.03. The molecule has 0 radical (unpaired) electrons. The minimum atomic E-state index is -3.29. The minimum Gasteiger partial charge on any atom is -0.356 e. The SMILES string of the molecule is CN(C)S(=O)(=O)N1CCC(Cc2ccc(CCC(=O)NCC3CC3)cc2)CC1. The molecule has 2 aliphatic rings. The van der Waals surface area contributed by atoms with Gasteiger partial charge in [-0.2, -0.15) is 17.0 Å². The number of amides is 1. The number of carbonyl (C=O) groups is 1. The lowest BCUT2D eigenvalue weighted by Gasteiger charge is -2.32. The van der Waals surface area contributed by atoms with Crippen LogP contribution in [0.15, 0.2) is 24.3 Å². The van der Waals surface area contributed by atoms with E-state index in [9.17, 15) is 13.2 Å². The molecular weight excluding hydrogens is 374 g/mol. The van der Waals surface area contributed by atoms with Crippen LogP contribution in [0.2, 0.25) is 0 Å². The first kappa shape index (κ1) is 21.3. The monoisotopic (exact) mass is 407 g/mol. The number of hydrogen-bond donors (Lipinski definition) is 1. The lowest BCUT2D eigenvalue weighted by Crippen LogP contribution is -2.44. The third-order valence-electron chi connectivity index (χ3n) is 5.83. The van der Waals surface area contributed by atoms with Crippen molar-refractivity contribution >= 4 is 16.1 Å². The number of piperidine rings is 1. The van der Waals surface area contributed by atoms with Crippen molar-refractivity contribution in [3.05, 3.63) is 35.4 Å². The van der Waals surface area contributed by atoms with Crippen molar-refractivity contribution in [3.63, 3.8) is 0 Å². The molecule has 1 aliphatic heterocycles. The topological polar surface area (TPSA) is 69.7 Å². The second kappa shape index (κ2) is 9.37. The molecule has 1 saturated carbocycles. The van der Waals surface area contributed by atoms with Crippen LogP contribution in [0.5, 0.6) is 0 Å². The quantitative estimate of drug-likeness (QED) is 0.682. The number of hydrogen-bond acceptors (Lipinski definition) is 3. The second-order valence-corrected chi connectivity index (χ2v) is 10.5. The molecule has 1 heterocycles. The molecule has 156 valence electrons. The van der Waals surface area contributed by atoms with Crippen molar-refractivity contribution < 1.29 is 13.2 Å². The van der Waals surface area contributed by atoms with Crippen LogP contribution in [0.1, 0.15) is 43.2 Å². The van der Waals surface area contributed by atoms with Gasteiger partial charge in [-0.3, -0.25) is 4.79 Å². The number of rotatable bonds is 9. The largest absolute Gasteiger partial charge is 0.356 e. The average Bonchev–Trinajstić information content (AvgIpc) is 3.50. The molecule has 3 rings (SSSR count). The summed E-state index contributed by atoms with van der Waals surface area (Å²) < 4.78 is 27.3. The van der Waals surface area contributed by atoms with E-state index in [-0.39, 0.29) is 5.91 Å². The maximum Gasteiger partial charge on any atom is 0.281 e. The van der Waals surface area contributed by atoms with Crippen LogP contribution in [0.4, 0.5) is 0 Å². The standard InChI is InChI=1S/C21H33N3O3S/c1-23(2)28(26,27)24-13-11-19(12-14-24)15-18-5-3-17(4-6-18)9-10-21(25)22-16-20-7-8-20/h3-6,19-20H,7-16H2,1-2H3,(H,22,25). The Balaban J connectivity index is 1.40. The number of aryl methyl sites for hydroxylation is 1. The molecule has 2 fully saturated rings. The summed E-state index contributed by atoms with van der Waals surface area (Å²) in [5, 5.41) is 3.01. The molecule has 1 saturated heterocycles. The zero-order chi connectivity index (χ0) is 20.1. The summed E-state index contributed by atoms with van der Waals surface area (Å²) in [6.07, 6.45) is 6.62. The zero-order valence-corrected chi connectivity index (χ0v) is 17.9. The van der Waals surface area contributed by atoms with E-state index in [2.05, 4.69) is 29.6 Å². The van der Waals surface area contributed by atoms with Gasteiger partial charge in [-0.05, 0) is 61.5 Å². The zero-order valence-electron chi connectivity index (χ0n) is 17.1. The maximum absolute atomic E-state index is 12.2. The Morgan fingerprint density at radius 3 is 2.21 bits per heavy atom. The molecule has 0 bridgehead atoms. The van der Waals surface area contributed by atoms with Crippen LogP contribution in [0.3, 0.4) is 0 Å². The molecule has 0 spiro atoms. The van der Waals surface area contributed by atoms with Gasteiger partial charge in [0.05, 0.1) is 0 Å². The van der Waals surface area contributed by atoms with E-state index in [1.165, 1.54) is 28.3 Å². The van der Waals surface area contributed by atoms with Gasteiger partial charge < -0.3 is 5.32 Å². The molecule has 1 amide bonds. The van der Waals surface area contributed by atoms with Crippen LogP contribution in [-0.2, 0) is 27.8 Å². The van der Waals surface area contributed by atoms with Gasteiger partial charge in [0.1, 0.15) is 0 Å². The molecule has 28 heavy (non-hydrogen) atoms. The summed E-state index contributed by atoms with van der Waals surface area (Å²) in [4.78, 5) is 11.9. The summed E-state index contributed by atoms with van der Waals surface area (Å²) in [5.74, 6) is 1.39. The van der Waals surface area contributed by atoms with E-state index in [1.807, 2.05) is 0 Å². The first-order valence-electron chi connectivity index (χ1n) is 10.4. The Morgan fingerprint density at radius 1 is 1.04 bits per heavy atom. The Bertz CT molecular complexity index is 750. The average molecular weight is 408 g/mol. The van der Waals surface area contributed by atoms with E-state index >= 15 is 0 Å². The van der Waals surface area contributed by atoms with Gasteiger partial charge >= 0.3 is 0 Å². The van der Waals surface area contributed by atoms with Crippen molar-refractivity contribution in [1.82, 2.24) is 13.9 Å². The fourth-order valence-electron chi connectivity index (χ4n) is 3.68. The highest BCUT2D eigenvalue weighted by Gasteiger charge is 2.29. The first-order chi connectivity index (χ1) is 13.3. The Morgan fingerprint density at radius 2 is 1.64 bits per heavy atom. The molecular formula is C21H33N3O3S. The molecule has 0 atom stereocenters. The highest BCUT2D eigenvalue weighted by Crippen LogP contribution is 2.27.